The lowest BCUT2D eigenvalue weighted by Crippen LogP contribution is -2.41. The summed E-state index contributed by atoms with van der Waals surface area (Å²) in [6.07, 6.45) is 1.67. The molecule has 1 aliphatic heterocycles. The first kappa shape index (κ1) is 19.2. The zero-order valence-corrected chi connectivity index (χ0v) is 16.7. The van der Waals surface area contributed by atoms with Crippen molar-refractivity contribution in [2.75, 3.05) is 11.0 Å². The third-order valence-corrected chi connectivity index (χ3v) is 4.99. The summed E-state index contributed by atoms with van der Waals surface area (Å²) in [5, 5.41) is 3.05. The summed E-state index contributed by atoms with van der Waals surface area (Å²) in [4.78, 5) is 12.9. The number of anilines is 1. The van der Waals surface area contributed by atoms with Gasteiger partial charge < -0.3 is 10.1 Å². The zero-order chi connectivity index (χ0) is 19.8. The molecular formula is C20H24N2O4S. The topological polar surface area (TPSA) is 84.5 Å². The Morgan fingerprint density at radius 1 is 1.19 bits per heavy atom. The summed E-state index contributed by atoms with van der Waals surface area (Å²) in [7, 11) is -3.49. The van der Waals surface area contributed by atoms with Crippen LogP contribution in [0.25, 0.3) is 0 Å². The van der Waals surface area contributed by atoms with Crippen LogP contribution < -0.4 is 14.8 Å². The van der Waals surface area contributed by atoms with E-state index in [0.29, 0.717) is 6.42 Å². The molecule has 1 aliphatic rings. The summed E-state index contributed by atoms with van der Waals surface area (Å²) in [6, 6.07) is 12.2. The van der Waals surface area contributed by atoms with E-state index in [4.69, 9.17) is 4.74 Å². The van der Waals surface area contributed by atoms with E-state index in [2.05, 4.69) is 10.0 Å². The summed E-state index contributed by atoms with van der Waals surface area (Å²) < 4.78 is 31.6. The van der Waals surface area contributed by atoms with E-state index < -0.39 is 15.6 Å². The summed E-state index contributed by atoms with van der Waals surface area (Å²) in [5.74, 6) is 0.418. The van der Waals surface area contributed by atoms with Crippen LogP contribution in [0.3, 0.4) is 0 Å². The third-order valence-electron chi connectivity index (χ3n) is 4.40. The van der Waals surface area contributed by atoms with E-state index in [1.165, 1.54) is 0 Å². The molecule has 27 heavy (non-hydrogen) atoms. The Hall–Kier alpha value is -2.54. The van der Waals surface area contributed by atoms with Gasteiger partial charge in [-0.2, -0.15) is 0 Å². The number of aryl methyl sites for hydroxylation is 1. The lowest BCUT2D eigenvalue weighted by atomic mass is 9.88. The van der Waals surface area contributed by atoms with Crippen LogP contribution in [-0.4, -0.2) is 26.2 Å². The molecule has 6 nitrogen and oxygen atoms in total. The van der Waals surface area contributed by atoms with Crippen LogP contribution >= 0.6 is 0 Å². The van der Waals surface area contributed by atoms with E-state index >= 15 is 0 Å². The van der Waals surface area contributed by atoms with Crippen LogP contribution in [-0.2, 0) is 10.0 Å². The van der Waals surface area contributed by atoms with Gasteiger partial charge in [0.25, 0.3) is 5.91 Å². The van der Waals surface area contributed by atoms with Gasteiger partial charge in [-0.25, -0.2) is 8.42 Å². The maximum Gasteiger partial charge on any atom is 0.253 e. The maximum absolute atomic E-state index is 12.9. The number of sulfonamides is 1. The Kier molecular flexibility index (Phi) is 4.90. The molecular weight excluding hydrogens is 364 g/mol. The number of carbonyl (C=O) groups is 1. The molecule has 2 aromatic carbocycles. The largest absolute Gasteiger partial charge is 0.487 e. The number of hydrogen-bond donors (Lipinski definition) is 2. The Labute approximate surface area is 160 Å². The fourth-order valence-electron chi connectivity index (χ4n) is 3.31. The Morgan fingerprint density at radius 2 is 1.89 bits per heavy atom. The van der Waals surface area contributed by atoms with Crippen LogP contribution in [0, 0.1) is 6.92 Å². The van der Waals surface area contributed by atoms with Crippen molar-refractivity contribution in [2.45, 2.75) is 38.8 Å². The lowest BCUT2D eigenvalue weighted by Gasteiger charge is -2.38. The number of hydrogen-bond acceptors (Lipinski definition) is 4. The summed E-state index contributed by atoms with van der Waals surface area (Å²) >= 11 is 0. The molecule has 0 aromatic heterocycles. The van der Waals surface area contributed by atoms with Crippen molar-refractivity contribution in [1.82, 2.24) is 5.32 Å². The van der Waals surface area contributed by atoms with Crippen LogP contribution in [0.5, 0.6) is 5.75 Å². The van der Waals surface area contributed by atoms with Gasteiger partial charge in [0.1, 0.15) is 11.4 Å². The number of fused-ring (bicyclic) bond motifs is 1. The number of rotatable bonds is 4. The van der Waals surface area contributed by atoms with Crippen molar-refractivity contribution in [2.24, 2.45) is 0 Å². The number of benzene rings is 2. The molecule has 1 amide bonds. The Morgan fingerprint density at radius 3 is 2.59 bits per heavy atom. The van der Waals surface area contributed by atoms with Crippen molar-refractivity contribution >= 4 is 21.6 Å². The fourth-order valence-corrected chi connectivity index (χ4v) is 3.89. The summed E-state index contributed by atoms with van der Waals surface area (Å²) in [5.41, 5.74) is 2.12. The van der Waals surface area contributed by atoms with E-state index in [1.54, 1.807) is 24.3 Å². The number of carbonyl (C=O) groups excluding carboxylic acids is 1. The predicted molar refractivity (Wildman–Crippen MR) is 106 cm³/mol. The second kappa shape index (κ2) is 6.88. The van der Waals surface area contributed by atoms with Crippen molar-refractivity contribution in [1.29, 1.82) is 0 Å². The molecule has 0 saturated heterocycles. The van der Waals surface area contributed by atoms with Gasteiger partial charge in [-0.05, 0) is 39.0 Å². The molecule has 0 bridgehead atoms. The number of amides is 1. The van der Waals surface area contributed by atoms with Gasteiger partial charge in [-0.15, -0.1) is 0 Å². The number of para-hydroxylation sites is 1. The molecule has 0 fully saturated rings. The molecule has 0 saturated carbocycles. The molecule has 0 radical (unpaired) electrons. The second-order valence-electron chi connectivity index (χ2n) is 7.55. The van der Waals surface area contributed by atoms with Crippen molar-refractivity contribution in [3.63, 3.8) is 0 Å². The molecule has 0 aliphatic carbocycles. The highest BCUT2D eigenvalue weighted by Gasteiger charge is 2.35. The average Bonchev–Trinajstić information content (AvgIpc) is 2.54. The molecule has 0 spiro atoms. The maximum atomic E-state index is 12.9. The molecule has 2 N–H and O–H groups in total. The standard InChI is InChI=1S/C20H24N2O4S/c1-13-9-10-18-15(11-13)17(12-20(2,3)26-18)21-19(23)14-7-5-6-8-16(14)22-27(4,24)25/h5-11,17,22H,12H2,1-4H3,(H,21,23). The van der Waals surface area contributed by atoms with Gasteiger partial charge in [0.2, 0.25) is 10.0 Å². The second-order valence-corrected chi connectivity index (χ2v) is 9.30. The van der Waals surface area contributed by atoms with Gasteiger partial charge in [0.15, 0.2) is 0 Å². The van der Waals surface area contributed by atoms with Crippen molar-refractivity contribution in [3.8, 4) is 5.75 Å². The van der Waals surface area contributed by atoms with Gasteiger partial charge in [0, 0.05) is 12.0 Å². The Balaban J connectivity index is 1.92. The van der Waals surface area contributed by atoms with Crippen molar-refractivity contribution in [3.05, 3.63) is 59.2 Å². The van der Waals surface area contributed by atoms with E-state index in [9.17, 15) is 13.2 Å². The van der Waals surface area contributed by atoms with E-state index in [0.717, 1.165) is 23.1 Å². The smallest absolute Gasteiger partial charge is 0.253 e. The minimum atomic E-state index is -3.49. The van der Waals surface area contributed by atoms with Gasteiger partial charge in [0.05, 0.1) is 23.5 Å². The molecule has 3 rings (SSSR count). The number of nitrogens with one attached hydrogen (secondary N) is 2. The van der Waals surface area contributed by atoms with Crippen LogP contribution in [0.4, 0.5) is 5.69 Å². The minimum Gasteiger partial charge on any atom is -0.487 e. The highest BCUT2D eigenvalue weighted by atomic mass is 32.2. The Bertz CT molecular complexity index is 983. The first-order valence-electron chi connectivity index (χ1n) is 8.71. The zero-order valence-electron chi connectivity index (χ0n) is 15.9. The fraction of sp³-hybridized carbons (Fsp3) is 0.350. The molecule has 144 valence electrons. The van der Waals surface area contributed by atoms with Gasteiger partial charge in [-0.1, -0.05) is 29.8 Å². The number of ether oxygens (including phenoxy) is 1. The lowest BCUT2D eigenvalue weighted by molar-refractivity contribution is 0.0619. The van der Waals surface area contributed by atoms with E-state index in [-0.39, 0.29) is 23.2 Å². The molecule has 1 atom stereocenters. The van der Waals surface area contributed by atoms with Crippen LogP contribution in [0.2, 0.25) is 0 Å². The highest BCUT2D eigenvalue weighted by Crippen LogP contribution is 2.40. The van der Waals surface area contributed by atoms with E-state index in [1.807, 2.05) is 39.0 Å². The van der Waals surface area contributed by atoms with Crippen molar-refractivity contribution < 1.29 is 17.9 Å². The SMILES string of the molecule is Cc1ccc2c(c1)C(NC(=O)c1ccccc1NS(C)(=O)=O)CC(C)(C)O2. The predicted octanol–water partition coefficient (Wildman–Crippen LogP) is 3.40. The van der Waals surface area contributed by atoms with Crippen LogP contribution in [0.1, 0.15) is 47.8 Å². The molecule has 1 heterocycles. The average molecular weight is 388 g/mol. The van der Waals surface area contributed by atoms with Crippen LogP contribution in [0.15, 0.2) is 42.5 Å². The monoisotopic (exact) mass is 388 g/mol. The first-order valence-corrected chi connectivity index (χ1v) is 10.6. The normalized spacial score (nSPS) is 18.1. The molecule has 7 heteroatoms. The highest BCUT2D eigenvalue weighted by molar-refractivity contribution is 7.92. The van der Waals surface area contributed by atoms with Gasteiger partial charge >= 0.3 is 0 Å². The molecule has 2 aromatic rings. The first-order chi connectivity index (χ1) is 12.5. The quantitative estimate of drug-likeness (QED) is 0.841. The third kappa shape index (κ3) is 4.60. The summed E-state index contributed by atoms with van der Waals surface area (Å²) in [6.45, 7) is 5.95. The molecule has 1 unspecified atom stereocenters. The van der Waals surface area contributed by atoms with Gasteiger partial charge in [-0.3, -0.25) is 9.52 Å². The minimum absolute atomic E-state index is 0.234.